The van der Waals surface area contributed by atoms with Crippen molar-refractivity contribution in [2.45, 2.75) is 12.5 Å². The molecule has 1 atom stereocenters. The molecule has 1 unspecified atom stereocenters. The third-order valence-corrected chi connectivity index (χ3v) is 5.75. The van der Waals surface area contributed by atoms with Crippen molar-refractivity contribution in [2.24, 2.45) is 0 Å². The Hall–Kier alpha value is -0.430. The molecule has 1 heterocycles. The predicted molar refractivity (Wildman–Crippen MR) is 78.8 cm³/mol. The lowest BCUT2D eigenvalue weighted by Gasteiger charge is -2.27. The average Bonchev–Trinajstić information content (AvgIpc) is 2.38. The van der Waals surface area contributed by atoms with Gasteiger partial charge in [0, 0.05) is 24.1 Å². The molecule has 1 aliphatic rings. The number of hydrogen-bond acceptors (Lipinski definition) is 4. The summed E-state index contributed by atoms with van der Waals surface area (Å²) >= 11 is 3.42. The fraction of sp³-hybridized carbons (Fsp3) is 0.538. The molecular weight excluding hydrogens is 330 g/mol. The third kappa shape index (κ3) is 4.27. The van der Waals surface area contributed by atoms with Crippen LogP contribution >= 0.6 is 15.9 Å². The van der Waals surface area contributed by atoms with Crippen LogP contribution in [0.15, 0.2) is 28.7 Å². The van der Waals surface area contributed by atoms with Crippen molar-refractivity contribution >= 4 is 25.8 Å². The van der Waals surface area contributed by atoms with Gasteiger partial charge in [0.1, 0.15) is 0 Å². The fourth-order valence-electron chi connectivity index (χ4n) is 2.18. The van der Waals surface area contributed by atoms with Crippen LogP contribution in [-0.2, 0) is 9.84 Å². The molecule has 0 bridgehead atoms. The summed E-state index contributed by atoms with van der Waals surface area (Å²) in [6.07, 6.45) is 0.0944. The summed E-state index contributed by atoms with van der Waals surface area (Å²) < 4.78 is 23.5. The zero-order chi connectivity index (χ0) is 13.9. The van der Waals surface area contributed by atoms with Crippen molar-refractivity contribution in [3.05, 3.63) is 34.3 Å². The number of rotatable bonds is 4. The second-order valence-corrected chi connectivity index (χ2v) is 7.98. The molecule has 1 aromatic rings. The van der Waals surface area contributed by atoms with Crippen LogP contribution in [-0.4, -0.2) is 49.6 Å². The molecule has 1 saturated heterocycles. The highest BCUT2D eigenvalue weighted by molar-refractivity contribution is 9.10. The molecule has 2 rings (SSSR count). The number of halogens is 1. The Morgan fingerprint density at radius 1 is 1.26 bits per heavy atom. The number of sulfone groups is 1. The van der Waals surface area contributed by atoms with Crippen LogP contribution in [0.3, 0.4) is 0 Å². The second-order valence-electron chi connectivity index (χ2n) is 4.82. The Labute approximate surface area is 122 Å². The molecule has 6 heteroatoms. The van der Waals surface area contributed by atoms with Gasteiger partial charge in [0.05, 0.1) is 17.6 Å². The van der Waals surface area contributed by atoms with E-state index in [-0.39, 0.29) is 11.5 Å². The van der Waals surface area contributed by atoms with Gasteiger partial charge in [-0.25, -0.2) is 8.42 Å². The molecule has 4 nitrogen and oxygen atoms in total. The Bertz CT molecular complexity index is 518. The molecule has 1 fully saturated rings. The van der Waals surface area contributed by atoms with Crippen molar-refractivity contribution in [2.75, 3.05) is 31.1 Å². The smallest absolute Gasteiger partial charge is 0.152 e. The summed E-state index contributed by atoms with van der Waals surface area (Å²) in [6, 6.07) is 7.62. The minimum Gasteiger partial charge on any atom is -0.388 e. The largest absolute Gasteiger partial charge is 0.388 e. The van der Waals surface area contributed by atoms with Crippen LogP contribution in [0.25, 0.3) is 0 Å². The van der Waals surface area contributed by atoms with Gasteiger partial charge in [-0.3, -0.25) is 0 Å². The molecule has 0 amide bonds. The van der Waals surface area contributed by atoms with E-state index in [1.54, 1.807) is 0 Å². The van der Waals surface area contributed by atoms with Crippen LogP contribution in [0.2, 0.25) is 0 Å². The standard InChI is InChI=1S/C13H18BrNO3S/c14-12-4-2-1-3-11(12)13(16)5-6-15-7-9-19(17,18)10-8-15/h1-4,13,16H,5-10H2. The molecule has 1 aliphatic heterocycles. The molecular formula is C13H18BrNO3S. The summed E-state index contributed by atoms with van der Waals surface area (Å²) in [4.78, 5) is 2.10. The van der Waals surface area contributed by atoms with E-state index in [0.717, 1.165) is 16.6 Å². The van der Waals surface area contributed by atoms with Gasteiger partial charge < -0.3 is 10.0 Å². The minimum atomic E-state index is -2.82. The van der Waals surface area contributed by atoms with E-state index in [0.29, 0.717) is 19.5 Å². The number of aliphatic hydroxyl groups is 1. The van der Waals surface area contributed by atoms with E-state index >= 15 is 0 Å². The van der Waals surface area contributed by atoms with E-state index in [1.165, 1.54) is 0 Å². The highest BCUT2D eigenvalue weighted by atomic mass is 79.9. The fourth-order valence-corrected chi connectivity index (χ4v) is 4.01. The first-order valence-corrected chi connectivity index (χ1v) is 8.95. The zero-order valence-corrected chi connectivity index (χ0v) is 13.0. The normalized spacial score (nSPS) is 21.2. The minimum absolute atomic E-state index is 0.234. The van der Waals surface area contributed by atoms with Gasteiger partial charge in [-0.2, -0.15) is 0 Å². The summed E-state index contributed by atoms with van der Waals surface area (Å²) in [5.41, 5.74) is 0.882. The van der Waals surface area contributed by atoms with Crippen molar-refractivity contribution in [1.82, 2.24) is 4.90 Å². The summed E-state index contributed by atoms with van der Waals surface area (Å²) in [7, 11) is -2.82. The van der Waals surface area contributed by atoms with Gasteiger partial charge in [0.2, 0.25) is 0 Å². The highest BCUT2D eigenvalue weighted by Gasteiger charge is 2.22. The Morgan fingerprint density at radius 3 is 2.53 bits per heavy atom. The van der Waals surface area contributed by atoms with E-state index in [9.17, 15) is 13.5 Å². The summed E-state index contributed by atoms with van der Waals surface area (Å²) in [5.74, 6) is 0.469. The van der Waals surface area contributed by atoms with E-state index in [2.05, 4.69) is 20.8 Å². The molecule has 19 heavy (non-hydrogen) atoms. The van der Waals surface area contributed by atoms with Crippen LogP contribution in [0, 0.1) is 0 Å². The lowest BCUT2D eigenvalue weighted by molar-refractivity contribution is 0.144. The van der Waals surface area contributed by atoms with E-state index in [4.69, 9.17) is 0 Å². The van der Waals surface area contributed by atoms with Gasteiger partial charge in [-0.15, -0.1) is 0 Å². The number of aliphatic hydroxyl groups excluding tert-OH is 1. The maximum absolute atomic E-state index is 11.3. The van der Waals surface area contributed by atoms with Gasteiger partial charge in [-0.1, -0.05) is 34.1 Å². The van der Waals surface area contributed by atoms with Crippen LogP contribution in [0.1, 0.15) is 18.1 Å². The highest BCUT2D eigenvalue weighted by Crippen LogP contribution is 2.25. The average molecular weight is 348 g/mol. The topological polar surface area (TPSA) is 57.6 Å². The predicted octanol–water partition coefficient (Wildman–Crippen LogP) is 1.60. The number of nitrogens with zero attached hydrogens (tertiary/aromatic N) is 1. The van der Waals surface area contributed by atoms with E-state index < -0.39 is 15.9 Å². The second kappa shape index (κ2) is 6.35. The SMILES string of the molecule is O=S1(=O)CCN(CCC(O)c2ccccc2Br)CC1. The first kappa shape index (κ1) is 15.0. The van der Waals surface area contributed by atoms with Gasteiger partial charge in [-0.05, 0) is 18.1 Å². The molecule has 106 valence electrons. The first-order valence-electron chi connectivity index (χ1n) is 6.33. The molecule has 0 aromatic heterocycles. The lowest BCUT2D eigenvalue weighted by Crippen LogP contribution is -2.40. The molecule has 0 aliphatic carbocycles. The van der Waals surface area contributed by atoms with Crippen LogP contribution in [0.5, 0.6) is 0 Å². The maximum Gasteiger partial charge on any atom is 0.152 e. The van der Waals surface area contributed by atoms with Gasteiger partial charge >= 0.3 is 0 Å². The summed E-state index contributed by atoms with van der Waals surface area (Å²) in [5, 5.41) is 10.2. The van der Waals surface area contributed by atoms with E-state index in [1.807, 2.05) is 24.3 Å². The third-order valence-electron chi connectivity index (χ3n) is 3.42. The number of hydrogen-bond donors (Lipinski definition) is 1. The van der Waals surface area contributed by atoms with Crippen LogP contribution in [0.4, 0.5) is 0 Å². The van der Waals surface area contributed by atoms with Crippen molar-refractivity contribution in [1.29, 1.82) is 0 Å². The Kier molecular flexibility index (Phi) is 5.00. The molecule has 0 saturated carbocycles. The monoisotopic (exact) mass is 347 g/mol. The molecule has 0 spiro atoms. The first-order chi connectivity index (χ1) is 8.98. The van der Waals surface area contributed by atoms with Crippen molar-refractivity contribution in [3.63, 3.8) is 0 Å². The lowest BCUT2D eigenvalue weighted by atomic mass is 10.1. The molecule has 1 aromatic carbocycles. The van der Waals surface area contributed by atoms with Gasteiger partial charge in [0.15, 0.2) is 9.84 Å². The zero-order valence-electron chi connectivity index (χ0n) is 10.6. The Morgan fingerprint density at radius 2 is 1.89 bits per heavy atom. The van der Waals surface area contributed by atoms with Crippen LogP contribution < -0.4 is 0 Å². The summed E-state index contributed by atoms with van der Waals surface area (Å²) in [6.45, 7) is 1.87. The molecule has 1 N–H and O–H groups in total. The maximum atomic E-state index is 11.3. The van der Waals surface area contributed by atoms with Crippen molar-refractivity contribution < 1.29 is 13.5 Å². The quantitative estimate of drug-likeness (QED) is 0.898. The Balaban J connectivity index is 1.85. The van der Waals surface area contributed by atoms with Crippen molar-refractivity contribution in [3.8, 4) is 0 Å². The molecule has 0 radical (unpaired) electrons. The van der Waals surface area contributed by atoms with Gasteiger partial charge in [0.25, 0.3) is 0 Å². The number of benzene rings is 1.